The van der Waals surface area contributed by atoms with E-state index in [0.717, 1.165) is 32.4 Å². The van der Waals surface area contributed by atoms with Gasteiger partial charge in [0.05, 0.1) is 24.0 Å². The maximum absolute atomic E-state index is 13.4. The van der Waals surface area contributed by atoms with Crippen LogP contribution in [0.1, 0.15) is 24.8 Å². The molecule has 3 aliphatic rings. The Kier molecular flexibility index (Phi) is 4.30. The minimum atomic E-state index is -0.352. The SMILES string of the molecule is O=C(CN1C(=O)N2CCN=C2c2cnn(-c3ccc(F)cc3)c21)N1CCCCC1. The van der Waals surface area contributed by atoms with Crippen molar-refractivity contribution >= 4 is 23.6 Å². The number of amidine groups is 1. The number of nitrogens with zero attached hydrogens (tertiary/aromatic N) is 6. The predicted octanol–water partition coefficient (Wildman–Crippen LogP) is 2.03. The number of anilines is 1. The fraction of sp³-hybridized carbons (Fsp3) is 0.400. The molecule has 0 radical (unpaired) electrons. The summed E-state index contributed by atoms with van der Waals surface area (Å²) in [6.07, 6.45) is 4.75. The number of carbonyl (C=O) groups excluding carboxylic acids is 2. The Morgan fingerprint density at radius 3 is 2.59 bits per heavy atom. The molecule has 2 aromatic rings. The van der Waals surface area contributed by atoms with Crippen LogP contribution in [0.2, 0.25) is 0 Å². The van der Waals surface area contributed by atoms with Crippen molar-refractivity contribution < 1.29 is 14.0 Å². The van der Waals surface area contributed by atoms with Gasteiger partial charge in [-0.05, 0) is 43.5 Å². The number of rotatable bonds is 3. The standard InChI is InChI=1S/C20H21FN6O2/c21-14-4-6-15(7-5-14)27-19-16(12-23-27)18-22-8-11-25(18)20(29)26(19)13-17(28)24-9-2-1-3-10-24/h4-7,12H,1-3,8-11,13H2. The van der Waals surface area contributed by atoms with Gasteiger partial charge in [0.25, 0.3) is 0 Å². The van der Waals surface area contributed by atoms with Gasteiger partial charge in [-0.25, -0.2) is 13.9 Å². The fourth-order valence-corrected chi connectivity index (χ4v) is 4.15. The summed E-state index contributed by atoms with van der Waals surface area (Å²) in [5.74, 6) is 0.661. The highest BCUT2D eigenvalue weighted by Crippen LogP contribution is 2.33. The molecule has 150 valence electrons. The van der Waals surface area contributed by atoms with Crippen molar-refractivity contribution in [2.75, 3.05) is 37.6 Å². The zero-order chi connectivity index (χ0) is 20.0. The van der Waals surface area contributed by atoms with Crippen LogP contribution in [0, 0.1) is 5.82 Å². The van der Waals surface area contributed by atoms with Crippen LogP contribution in [-0.4, -0.2) is 70.1 Å². The van der Waals surface area contributed by atoms with Crippen LogP contribution in [0.5, 0.6) is 0 Å². The molecule has 9 heteroatoms. The lowest BCUT2D eigenvalue weighted by Crippen LogP contribution is -2.54. The number of carbonyl (C=O) groups is 2. The summed E-state index contributed by atoms with van der Waals surface area (Å²) in [6.45, 7) is 2.41. The lowest BCUT2D eigenvalue weighted by molar-refractivity contribution is -0.130. The van der Waals surface area contributed by atoms with Crippen LogP contribution in [0.3, 0.4) is 0 Å². The Morgan fingerprint density at radius 1 is 1.07 bits per heavy atom. The van der Waals surface area contributed by atoms with Gasteiger partial charge < -0.3 is 4.90 Å². The summed E-state index contributed by atoms with van der Waals surface area (Å²) >= 11 is 0. The van der Waals surface area contributed by atoms with E-state index in [1.165, 1.54) is 17.0 Å². The van der Waals surface area contributed by atoms with Crippen molar-refractivity contribution in [3.8, 4) is 5.69 Å². The molecule has 0 saturated carbocycles. The van der Waals surface area contributed by atoms with E-state index >= 15 is 0 Å². The first kappa shape index (κ1) is 17.8. The Labute approximate surface area is 167 Å². The molecule has 8 nitrogen and oxygen atoms in total. The topological polar surface area (TPSA) is 74.0 Å². The second kappa shape index (κ2) is 6.98. The molecule has 1 aromatic heterocycles. The largest absolute Gasteiger partial charge is 0.341 e. The van der Waals surface area contributed by atoms with Crippen molar-refractivity contribution in [1.29, 1.82) is 0 Å². The van der Waals surface area contributed by atoms with E-state index < -0.39 is 0 Å². The highest BCUT2D eigenvalue weighted by atomic mass is 19.1. The van der Waals surface area contributed by atoms with Gasteiger partial charge in [0, 0.05) is 19.6 Å². The second-order valence-electron chi connectivity index (χ2n) is 7.44. The van der Waals surface area contributed by atoms with Crippen LogP contribution < -0.4 is 4.90 Å². The van der Waals surface area contributed by atoms with Gasteiger partial charge in [0.15, 0.2) is 5.82 Å². The first-order chi connectivity index (χ1) is 14.1. The van der Waals surface area contributed by atoms with E-state index in [1.807, 2.05) is 4.90 Å². The number of benzene rings is 1. The highest BCUT2D eigenvalue weighted by Gasteiger charge is 2.41. The Hall–Kier alpha value is -3.23. The maximum Gasteiger partial charge on any atom is 0.331 e. The molecule has 0 atom stereocenters. The van der Waals surface area contributed by atoms with Gasteiger partial charge >= 0.3 is 6.03 Å². The molecular formula is C20H21FN6O2. The summed E-state index contributed by atoms with van der Waals surface area (Å²) in [4.78, 5) is 35.5. The van der Waals surface area contributed by atoms with Crippen molar-refractivity contribution in [3.63, 3.8) is 0 Å². The number of aliphatic imine (C=N–C) groups is 1. The Morgan fingerprint density at radius 2 is 1.83 bits per heavy atom. The molecular weight excluding hydrogens is 375 g/mol. The number of hydrogen-bond donors (Lipinski definition) is 0. The summed E-state index contributed by atoms with van der Waals surface area (Å²) in [5, 5.41) is 4.43. The van der Waals surface area contributed by atoms with E-state index in [2.05, 4.69) is 10.1 Å². The molecule has 0 bridgehead atoms. The van der Waals surface area contributed by atoms with E-state index in [0.29, 0.717) is 36.0 Å². The third-order valence-electron chi connectivity index (χ3n) is 5.62. The molecule has 0 aliphatic carbocycles. The zero-order valence-electron chi connectivity index (χ0n) is 15.9. The van der Waals surface area contributed by atoms with Crippen molar-refractivity contribution in [1.82, 2.24) is 19.6 Å². The fourth-order valence-electron chi connectivity index (χ4n) is 4.15. The third kappa shape index (κ3) is 2.97. The molecule has 0 spiro atoms. The van der Waals surface area contributed by atoms with E-state index in [1.54, 1.807) is 27.9 Å². The van der Waals surface area contributed by atoms with Gasteiger partial charge in [-0.15, -0.1) is 0 Å². The summed E-state index contributed by atoms with van der Waals surface area (Å²) in [7, 11) is 0. The van der Waals surface area contributed by atoms with E-state index in [9.17, 15) is 14.0 Å². The Bertz CT molecular complexity index is 993. The molecule has 5 rings (SSSR count). The molecule has 1 aromatic carbocycles. The zero-order valence-corrected chi connectivity index (χ0v) is 15.9. The Balaban J connectivity index is 1.55. The number of aromatic nitrogens is 2. The van der Waals surface area contributed by atoms with Crippen LogP contribution in [0.4, 0.5) is 15.0 Å². The number of amides is 3. The molecule has 4 heterocycles. The van der Waals surface area contributed by atoms with Crippen molar-refractivity contribution in [3.05, 3.63) is 41.8 Å². The van der Waals surface area contributed by atoms with Gasteiger partial charge in [-0.3, -0.25) is 19.6 Å². The number of urea groups is 1. The first-order valence-corrected chi connectivity index (χ1v) is 9.89. The normalized spacial score (nSPS) is 18.6. The lowest BCUT2D eigenvalue weighted by Gasteiger charge is -2.35. The number of fused-ring (bicyclic) bond motifs is 3. The molecule has 0 unspecified atom stereocenters. The first-order valence-electron chi connectivity index (χ1n) is 9.89. The summed E-state index contributed by atoms with van der Waals surface area (Å²) in [6, 6.07) is 5.61. The molecule has 1 saturated heterocycles. The predicted molar refractivity (Wildman–Crippen MR) is 105 cm³/mol. The minimum Gasteiger partial charge on any atom is -0.341 e. The molecule has 1 fully saturated rings. The number of piperidine rings is 1. The molecule has 29 heavy (non-hydrogen) atoms. The third-order valence-corrected chi connectivity index (χ3v) is 5.62. The van der Waals surface area contributed by atoms with Gasteiger partial charge in [-0.2, -0.15) is 5.10 Å². The van der Waals surface area contributed by atoms with Gasteiger partial charge in [0.1, 0.15) is 18.2 Å². The average Bonchev–Trinajstić information content (AvgIpc) is 3.39. The quantitative estimate of drug-likeness (QED) is 0.797. The monoisotopic (exact) mass is 396 g/mol. The van der Waals surface area contributed by atoms with Gasteiger partial charge in [0.2, 0.25) is 5.91 Å². The second-order valence-corrected chi connectivity index (χ2v) is 7.44. The number of halogens is 1. The minimum absolute atomic E-state index is 0.0531. The summed E-state index contributed by atoms with van der Waals surface area (Å²) < 4.78 is 15.0. The molecule has 3 amide bonds. The summed E-state index contributed by atoms with van der Waals surface area (Å²) in [5.41, 5.74) is 1.32. The van der Waals surface area contributed by atoms with Crippen molar-refractivity contribution in [2.24, 2.45) is 4.99 Å². The highest BCUT2D eigenvalue weighted by molar-refractivity contribution is 6.20. The van der Waals surface area contributed by atoms with Crippen LogP contribution in [0.25, 0.3) is 5.69 Å². The van der Waals surface area contributed by atoms with Crippen molar-refractivity contribution in [2.45, 2.75) is 19.3 Å². The van der Waals surface area contributed by atoms with Crippen LogP contribution >= 0.6 is 0 Å². The molecule has 0 N–H and O–H groups in total. The lowest BCUT2D eigenvalue weighted by atomic mass is 10.1. The molecule has 3 aliphatic heterocycles. The smallest absolute Gasteiger partial charge is 0.331 e. The maximum atomic E-state index is 13.4. The van der Waals surface area contributed by atoms with E-state index in [-0.39, 0.29) is 24.3 Å². The van der Waals surface area contributed by atoms with Crippen LogP contribution in [0.15, 0.2) is 35.5 Å². The van der Waals surface area contributed by atoms with E-state index in [4.69, 9.17) is 0 Å². The number of hydrogen-bond acceptors (Lipinski definition) is 4. The van der Waals surface area contributed by atoms with Gasteiger partial charge in [-0.1, -0.05) is 0 Å². The average molecular weight is 396 g/mol. The number of likely N-dealkylation sites (tertiary alicyclic amines) is 1. The van der Waals surface area contributed by atoms with Crippen LogP contribution in [-0.2, 0) is 4.79 Å².